The van der Waals surface area contributed by atoms with Crippen LogP contribution in [0.15, 0.2) is 42.5 Å². The summed E-state index contributed by atoms with van der Waals surface area (Å²) >= 11 is 0. The average molecular weight is 328 g/mol. The Kier molecular flexibility index (Phi) is 5.89. The molecule has 0 aliphatic rings. The van der Waals surface area contributed by atoms with Crippen molar-refractivity contribution in [3.8, 4) is 0 Å². The predicted molar refractivity (Wildman–Crippen MR) is 90.3 cm³/mol. The summed E-state index contributed by atoms with van der Waals surface area (Å²) in [6.45, 7) is -0.513. The topological polar surface area (TPSA) is 75.7 Å². The first-order valence-corrected chi connectivity index (χ1v) is 7.56. The molecule has 0 unspecified atom stereocenters. The zero-order valence-corrected chi connectivity index (χ0v) is 13.7. The van der Waals surface area contributed by atoms with Gasteiger partial charge in [-0.2, -0.15) is 0 Å². The van der Waals surface area contributed by atoms with Crippen molar-refractivity contribution < 1.29 is 19.1 Å². The minimum absolute atomic E-state index is 0.0920. The summed E-state index contributed by atoms with van der Waals surface area (Å²) in [6, 6.07) is 13.6. The molecule has 0 aromatic heterocycles. The van der Waals surface area contributed by atoms with Crippen molar-refractivity contribution in [2.75, 3.05) is 27.2 Å². The van der Waals surface area contributed by atoms with Gasteiger partial charge in [-0.25, -0.2) is 0 Å². The van der Waals surface area contributed by atoms with E-state index in [-0.39, 0.29) is 18.9 Å². The zero-order chi connectivity index (χ0) is 17.5. The maximum Gasteiger partial charge on any atom is 0.310 e. The molecule has 24 heavy (non-hydrogen) atoms. The van der Waals surface area contributed by atoms with Crippen molar-refractivity contribution in [2.24, 2.45) is 0 Å². The van der Waals surface area contributed by atoms with E-state index >= 15 is 0 Å². The summed E-state index contributed by atoms with van der Waals surface area (Å²) in [4.78, 5) is 36.1. The lowest BCUT2D eigenvalue weighted by Gasteiger charge is -2.11. The molecule has 126 valence electrons. The molecule has 0 bridgehead atoms. The van der Waals surface area contributed by atoms with Gasteiger partial charge in [-0.3, -0.25) is 14.4 Å². The number of carbonyl (C=O) groups excluding carboxylic acids is 3. The Labute approximate surface area is 140 Å². The molecule has 2 aromatic rings. The first-order valence-electron chi connectivity index (χ1n) is 7.56. The van der Waals surface area contributed by atoms with Crippen molar-refractivity contribution in [1.82, 2.24) is 10.2 Å². The molecule has 6 heteroatoms. The van der Waals surface area contributed by atoms with Crippen LogP contribution >= 0.6 is 0 Å². The van der Waals surface area contributed by atoms with Crippen LogP contribution in [0.4, 0.5) is 0 Å². The maximum absolute atomic E-state index is 11.8. The van der Waals surface area contributed by atoms with Crippen molar-refractivity contribution in [2.45, 2.75) is 6.42 Å². The Morgan fingerprint density at radius 2 is 1.75 bits per heavy atom. The van der Waals surface area contributed by atoms with Crippen molar-refractivity contribution in [1.29, 1.82) is 0 Å². The third-order valence-electron chi connectivity index (χ3n) is 3.46. The number of fused-ring (bicyclic) bond motifs is 1. The van der Waals surface area contributed by atoms with E-state index in [4.69, 9.17) is 4.74 Å². The summed E-state index contributed by atoms with van der Waals surface area (Å²) in [5, 5.41) is 4.54. The van der Waals surface area contributed by atoms with Gasteiger partial charge in [0, 0.05) is 14.1 Å². The maximum atomic E-state index is 11.8. The molecule has 2 amide bonds. The van der Waals surface area contributed by atoms with Gasteiger partial charge in [-0.1, -0.05) is 42.5 Å². The molecule has 1 N–H and O–H groups in total. The van der Waals surface area contributed by atoms with Crippen LogP contribution < -0.4 is 5.32 Å². The molecule has 0 saturated heterocycles. The van der Waals surface area contributed by atoms with Crippen LogP contribution in [0.5, 0.6) is 0 Å². The van der Waals surface area contributed by atoms with E-state index in [1.807, 2.05) is 42.5 Å². The van der Waals surface area contributed by atoms with Crippen molar-refractivity contribution in [3.63, 3.8) is 0 Å². The molecular weight excluding hydrogens is 308 g/mol. The average Bonchev–Trinajstić information content (AvgIpc) is 2.57. The Balaban J connectivity index is 1.80. The lowest BCUT2D eigenvalue weighted by Crippen LogP contribution is -2.38. The number of esters is 1. The lowest BCUT2D eigenvalue weighted by molar-refractivity contribution is -0.148. The zero-order valence-electron chi connectivity index (χ0n) is 13.7. The smallest absolute Gasteiger partial charge is 0.310 e. The van der Waals surface area contributed by atoms with Crippen LogP contribution in [0.2, 0.25) is 0 Å². The molecule has 0 aliphatic carbocycles. The van der Waals surface area contributed by atoms with Gasteiger partial charge in [0.1, 0.15) is 0 Å². The SMILES string of the molecule is CN(C)C(=O)CNC(=O)COC(=O)Cc1ccc2ccccc2c1. The highest BCUT2D eigenvalue weighted by Crippen LogP contribution is 2.16. The molecule has 6 nitrogen and oxygen atoms in total. The summed E-state index contributed by atoms with van der Waals surface area (Å²) in [5.74, 6) is -1.22. The molecule has 0 atom stereocenters. The Bertz CT molecular complexity index is 756. The largest absolute Gasteiger partial charge is 0.455 e. The predicted octanol–water partition coefficient (Wildman–Crippen LogP) is 1.13. The fraction of sp³-hybridized carbons (Fsp3) is 0.278. The fourth-order valence-electron chi connectivity index (χ4n) is 2.10. The monoisotopic (exact) mass is 328 g/mol. The highest BCUT2D eigenvalue weighted by Gasteiger charge is 2.11. The first kappa shape index (κ1) is 17.5. The van der Waals surface area contributed by atoms with E-state index in [1.165, 1.54) is 4.90 Å². The van der Waals surface area contributed by atoms with Gasteiger partial charge in [-0.05, 0) is 16.3 Å². The molecule has 0 radical (unpaired) electrons. The summed E-state index contributed by atoms with van der Waals surface area (Å²) in [5.41, 5.74) is 0.821. The van der Waals surface area contributed by atoms with Crippen LogP contribution in [-0.2, 0) is 25.5 Å². The number of likely N-dealkylation sites (N-methyl/N-ethyl adjacent to an activating group) is 1. The van der Waals surface area contributed by atoms with E-state index in [9.17, 15) is 14.4 Å². The molecule has 0 fully saturated rings. The normalized spacial score (nSPS) is 10.2. The second kappa shape index (κ2) is 8.10. The van der Waals surface area contributed by atoms with E-state index < -0.39 is 18.5 Å². The number of hydrogen-bond acceptors (Lipinski definition) is 4. The van der Waals surface area contributed by atoms with Crippen LogP contribution in [0.3, 0.4) is 0 Å². The second-order valence-corrected chi connectivity index (χ2v) is 5.58. The third kappa shape index (κ3) is 5.08. The number of benzene rings is 2. The molecule has 2 rings (SSSR count). The van der Waals surface area contributed by atoms with Crippen molar-refractivity contribution in [3.05, 3.63) is 48.0 Å². The number of carbonyl (C=O) groups is 3. The minimum Gasteiger partial charge on any atom is -0.455 e. The standard InChI is InChI=1S/C18H20N2O4/c1-20(2)17(22)11-19-16(21)12-24-18(23)10-13-7-8-14-5-3-4-6-15(14)9-13/h3-9H,10-12H2,1-2H3,(H,19,21). The van der Waals surface area contributed by atoms with E-state index in [0.29, 0.717) is 0 Å². The number of nitrogens with zero attached hydrogens (tertiary/aromatic N) is 1. The summed E-state index contributed by atoms with van der Waals surface area (Å²) < 4.78 is 4.94. The number of nitrogens with one attached hydrogen (secondary N) is 1. The summed E-state index contributed by atoms with van der Waals surface area (Å²) in [7, 11) is 3.19. The van der Waals surface area contributed by atoms with Gasteiger partial charge in [0.05, 0.1) is 13.0 Å². The van der Waals surface area contributed by atoms with Crippen LogP contribution in [0.25, 0.3) is 10.8 Å². The molecule has 2 aromatic carbocycles. The van der Waals surface area contributed by atoms with Crippen LogP contribution in [0.1, 0.15) is 5.56 Å². The number of rotatable bonds is 6. The van der Waals surface area contributed by atoms with Gasteiger partial charge in [0.15, 0.2) is 6.61 Å². The van der Waals surface area contributed by atoms with Gasteiger partial charge >= 0.3 is 5.97 Å². The quantitative estimate of drug-likeness (QED) is 0.807. The third-order valence-corrected chi connectivity index (χ3v) is 3.46. The number of amides is 2. The van der Waals surface area contributed by atoms with Gasteiger partial charge in [0.25, 0.3) is 5.91 Å². The van der Waals surface area contributed by atoms with Gasteiger partial charge in [-0.15, -0.1) is 0 Å². The highest BCUT2D eigenvalue weighted by molar-refractivity contribution is 5.87. The Morgan fingerprint density at radius 1 is 1.04 bits per heavy atom. The summed E-state index contributed by atoms with van der Waals surface area (Å²) in [6.07, 6.45) is 0.0920. The fourth-order valence-corrected chi connectivity index (χ4v) is 2.10. The molecular formula is C18H20N2O4. The molecule has 0 spiro atoms. The molecule has 0 aliphatic heterocycles. The Hall–Kier alpha value is -2.89. The number of hydrogen-bond donors (Lipinski definition) is 1. The molecule has 0 heterocycles. The Morgan fingerprint density at radius 3 is 2.46 bits per heavy atom. The first-order chi connectivity index (χ1) is 11.5. The van der Waals surface area contributed by atoms with Crippen LogP contribution in [0, 0.1) is 0 Å². The second-order valence-electron chi connectivity index (χ2n) is 5.58. The number of ether oxygens (including phenoxy) is 1. The van der Waals surface area contributed by atoms with E-state index in [2.05, 4.69) is 5.32 Å². The van der Waals surface area contributed by atoms with Crippen molar-refractivity contribution >= 4 is 28.6 Å². The lowest BCUT2D eigenvalue weighted by atomic mass is 10.1. The van der Waals surface area contributed by atoms with Gasteiger partial charge in [0.2, 0.25) is 5.91 Å². The van der Waals surface area contributed by atoms with Crippen LogP contribution in [-0.4, -0.2) is 49.9 Å². The van der Waals surface area contributed by atoms with Gasteiger partial charge < -0.3 is 15.0 Å². The van der Waals surface area contributed by atoms with E-state index in [0.717, 1.165) is 16.3 Å². The minimum atomic E-state index is -0.503. The molecule has 0 saturated carbocycles. The highest BCUT2D eigenvalue weighted by atomic mass is 16.5. The van der Waals surface area contributed by atoms with E-state index in [1.54, 1.807) is 14.1 Å².